The van der Waals surface area contributed by atoms with Crippen LogP contribution in [-0.4, -0.2) is 39.1 Å². The zero-order valence-corrected chi connectivity index (χ0v) is 14.5. The number of esters is 1. The van der Waals surface area contributed by atoms with Crippen molar-refractivity contribution in [1.29, 1.82) is 0 Å². The monoisotopic (exact) mass is 385 g/mol. The number of methoxy groups -OCH3 is 1. The Labute approximate surface area is 141 Å². The Bertz CT molecular complexity index is 693. The van der Waals surface area contributed by atoms with Gasteiger partial charge in [0.05, 0.1) is 34.9 Å². The summed E-state index contributed by atoms with van der Waals surface area (Å²) in [6.45, 7) is 3.18. The number of ether oxygens (including phenoxy) is 2. The summed E-state index contributed by atoms with van der Waals surface area (Å²) in [6, 6.07) is 0. The van der Waals surface area contributed by atoms with E-state index in [1.54, 1.807) is 0 Å². The molecule has 5 nitrogen and oxygen atoms in total. The van der Waals surface area contributed by atoms with Gasteiger partial charge in [-0.15, -0.1) is 0 Å². The topological polar surface area (TPSA) is 55.8 Å². The molecule has 2 heterocycles. The van der Waals surface area contributed by atoms with Gasteiger partial charge in [-0.1, -0.05) is 0 Å². The molecule has 23 heavy (non-hydrogen) atoms. The fraction of sp³-hybridized carbons (Fsp3) is 0.500. The summed E-state index contributed by atoms with van der Waals surface area (Å²) < 4.78 is 25.0. The number of hydrogen-bond donors (Lipinski definition) is 0. The van der Waals surface area contributed by atoms with E-state index in [0.29, 0.717) is 55.8 Å². The van der Waals surface area contributed by atoms with Gasteiger partial charge in [-0.2, -0.15) is 0 Å². The summed E-state index contributed by atoms with van der Waals surface area (Å²) in [5.74, 6) is -0.313. The number of anilines is 1. The highest BCUT2D eigenvalue weighted by Gasteiger charge is 2.43. The fourth-order valence-corrected chi connectivity index (χ4v) is 3.86. The molecule has 124 valence electrons. The van der Waals surface area contributed by atoms with E-state index in [-0.39, 0.29) is 16.0 Å². The average molecular weight is 386 g/mol. The Morgan fingerprint density at radius 1 is 1.52 bits per heavy atom. The number of nitrogens with zero attached hydrogens (tertiary/aromatic N) is 1. The number of hydrogen-bond acceptors (Lipinski definition) is 5. The van der Waals surface area contributed by atoms with Crippen LogP contribution in [0.15, 0.2) is 4.47 Å². The molecule has 0 aliphatic carbocycles. The van der Waals surface area contributed by atoms with Gasteiger partial charge in [0.1, 0.15) is 11.6 Å². The van der Waals surface area contributed by atoms with E-state index in [9.17, 15) is 14.0 Å². The number of aldehydes is 1. The SMILES string of the molecule is COC(=O)[C@@]1(C)CCN(c2c(C=O)c(Br)c(F)c3c2OCC3)C1. The van der Waals surface area contributed by atoms with Crippen molar-refractivity contribution in [3.63, 3.8) is 0 Å². The molecule has 1 aromatic rings. The lowest BCUT2D eigenvalue weighted by Crippen LogP contribution is -2.33. The van der Waals surface area contributed by atoms with Gasteiger partial charge in [-0.25, -0.2) is 4.39 Å². The molecule has 0 aromatic heterocycles. The lowest BCUT2D eigenvalue weighted by Gasteiger charge is -2.26. The van der Waals surface area contributed by atoms with E-state index in [2.05, 4.69) is 15.9 Å². The normalized spacial score (nSPS) is 22.7. The molecule has 0 saturated carbocycles. The Morgan fingerprint density at radius 3 is 2.91 bits per heavy atom. The van der Waals surface area contributed by atoms with Crippen molar-refractivity contribution in [3.05, 3.63) is 21.4 Å². The molecule has 0 radical (unpaired) electrons. The lowest BCUT2D eigenvalue weighted by molar-refractivity contribution is -0.150. The third-order valence-corrected chi connectivity index (χ3v) is 5.40. The molecule has 0 unspecified atom stereocenters. The molecule has 0 bridgehead atoms. The summed E-state index contributed by atoms with van der Waals surface area (Å²) in [7, 11) is 1.36. The van der Waals surface area contributed by atoms with E-state index in [1.165, 1.54) is 7.11 Å². The molecule has 0 N–H and O–H groups in total. The van der Waals surface area contributed by atoms with Crippen molar-refractivity contribution in [3.8, 4) is 5.75 Å². The minimum absolute atomic E-state index is 0.151. The molecule has 1 atom stereocenters. The predicted octanol–water partition coefficient (Wildman–Crippen LogP) is 2.73. The van der Waals surface area contributed by atoms with Gasteiger partial charge >= 0.3 is 5.97 Å². The average Bonchev–Trinajstić information content (AvgIpc) is 3.17. The smallest absolute Gasteiger partial charge is 0.313 e. The van der Waals surface area contributed by atoms with Crippen LogP contribution in [0.25, 0.3) is 0 Å². The third kappa shape index (κ3) is 2.41. The Kier molecular flexibility index (Phi) is 4.08. The molecular formula is C16H17BrFNO4. The Hall–Kier alpha value is -1.63. The highest BCUT2D eigenvalue weighted by Crippen LogP contribution is 2.47. The van der Waals surface area contributed by atoms with Gasteiger partial charge in [-0.3, -0.25) is 9.59 Å². The van der Waals surface area contributed by atoms with E-state index in [1.807, 2.05) is 11.8 Å². The third-order valence-electron chi connectivity index (χ3n) is 4.62. The van der Waals surface area contributed by atoms with E-state index < -0.39 is 11.2 Å². The summed E-state index contributed by atoms with van der Waals surface area (Å²) in [5, 5.41) is 0. The second-order valence-electron chi connectivity index (χ2n) is 6.14. The van der Waals surface area contributed by atoms with Crippen LogP contribution in [0.2, 0.25) is 0 Å². The van der Waals surface area contributed by atoms with Crippen LogP contribution in [0.3, 0.4) is 0 Å². The number of benzene rings is 1. The first-order valence-corrected chi connectivity index (χ1v) is 8.17. The van der Waals surface area contributed by atoms with Crippen molar-refractivity contribution >= 4 is 33.9 Å². The van der Waals surface area contributed by atoms with E-state index in [4.69, 9.17) is 9.47 Å². The van der Waals surface area contributed by atoms with Crippen LogP contribution in [-0.2, 0) is 16.0 Å². The maximum Gasteiger partial charge on any atom is 0.313 e. The number of carbonyl (C=O) groups excluding carboxylic acids is 2. The van der Waals surface area contributed by atoms with Crippen molar-refractivity contribution in [2.24, 2.45) is 5.41 Å². The summed E-state index contributed by atoms with van der Waals surface area (Å²) in [5.41, 5.74) is 0.608. The second-order valence-corrected chi connectivity index (χ2v) is 6.93. The standard InChI is InChI=1S/C16H17BrFNO4/c1-16(15(21)22-2)4-5-19(8-16)13-10(7-20)11(17)12(18)9-3-6-23-14(9)13/h7H,3-6,8H2,1-2H3/t16-/m0/s1. The van der Waals surface area contributed by atoms with E-state index in [0.717, 1.165) is 0 Å². The molecule has 0 amide bonds. The van der Waals surface area contributed by atoms with Crippen molar-refractivity contribution in [2.45, 2.75) is 19.8 Å². The van der Waals surface area contributed by atoms with Gasteiger partial charge in [0.2, 0.25) is 0 Å². The maximum absolute atomic E-state index is 14.4. The van der Waals surface area contributed by atoms with Crippen molar-refractivity contribution in [2.75, 3.05) is 31.7 Å². The quantitative estimate of drug-likeness (QED) is 0.591. The first-order chi connectivity index (χ1) is 10.9. The first-order valence-electron chi connectivity index (χ1n) is 7.38. The largest absolute Gasteiger partial charge is 0.491 e. The van der Waals surface area contributed by atoms with Gasteiger partial charge < -0.3 is 14.4 Å². The summed E-state index contributed by atoms with van der Waals surface area (Å²) >= 11 is 3.18. The van der Waals surface area contributed by atoms with Crippen LogP contribution in [0, 0.1) is 11.2 Å². The highest BCUT2D eigenvalue weighted by molar-refractivity contribution is 9.10. The molecule has 2 aliphatic rings. The van der Waals surface area contributed by atoms with Crippen LogP contribution in [0.4, 0.5) is 10.1 Å². The molecule has 1 aromatic carbocycles. The molecule has 3 rings (SSSR count). The van der Waals surface area contributed by atoms with Gasteiger partial charge in [0.25, 0.3) is 0 Å². The maximum atomic E-state index is 14.4. The predicted molar refractivity (Wildman–Crippen MR) is 85.6 cm³/mol. The molecule has 1 saturated heterocycles. The molecule has 2 aliphatic heterocycles. The Balaban J connectivity index is 2.08. The van der Waals surface area contributed by atoms with Crippen LogP contribution >= 0.6 is 15.9 Å². The van der Waals surface area contributed by atoms with Crippen molar-refractivity contribution < 1.29 is 23.5 Å². The summed E-state index contributed by atoms with van der Waals surface area (Å²) in [4.78, 5) is 25.5. The minimum Gasteiger partial charge on any atom is -0.491 e. The van der Waals surface area contributed by atoms with Crippen LogP contribution < -0.4 is 9.64 Å². The minimum atomic E-state index is -0.652. The number of carbonyl (C=O) groups is 2. The lowest BCUT2D eigenvalue weighted by atomic mass is 9.90. The first kappa shape index (κ1) is 16.2. The molecule has 0 spiro atoms. The van der Waals surface area contributed by atoms with Crippen LogP contribution in [0.1, 0.15) is 29.3 Å². The zero-order valence-electron chi connectivity index (χ0n) is 12.9. The van der Waals surface area contributed by atoms with Gasteiger partial charge in [-0.05, 0) is 29.3 Å². The molecule has 1 fully saturated rings. The number of halogens is 2. The van der Waals surface area contributed by atoms with Crippen molar-refractivity contribution in [1.82, 2.24) is 0 Å². The fourth-order valence-electron chi connectivity index (χ4n) is 3.34. The molecular weight excluding hydrogens is 369 g/mol. The van der Waals surface area contributed by atoms with Gasteiger partial charge in [0, 0.05) is 25.1 Å². The number of fused-ring (bicyclic) bond motifs is 1. The summed E-state index contributed by atoms with van der Waals surface area (Å²) in [6.07, 6.45) is 1.69. The Morgan fingerprint density at radius 2 is 2.26 bits per heavy atom. The van der Waals surface area contributed by atoms with E-state index >= 15 is 0 Å². The zero-order chi connectivity index (χ0) is 16.8. The second kappa shape index (κ2) is 5.78. The van der Waals surface area contributed by atoms with Gasteiger partial charge in [0.15, 0.2) is 6.29 Å². The highest BCUT2D eigenvalue weighted by atomic mass is 79.9. The van der Waals surface area contributed by atoms with Crippen LogP contribution in [0.5, 0.6) is 5.75 Å². The number of rotatable bonds is 3. The molecule has 7 heteroatoms.